The van der Waals surface area contributed by atoms with E-state index in [2.05, 4.69) is 10.3 Å². The van der Waals surface area contributed by atoms with Crippen LogP contribution in [0.5, 0.6) is 0 Å². The summed E-state index contributed by atoms with van der Waals surface area (Å²) in [7, 11) is 1.60. The lowest BCUT2D eigenvalue weighted by atomic mass is 9.84. The number of nitrogens with two attached hydrogens (primary N) is 1. The van der Waals surface area contributed by atoms with Crippen molar-refractivity contribution < 1.29 is 17.9 Å². The van der Waals surface area contributed by atoms with Gasteiger partial charge in [-0.05, 0) is 17.7 Å². The van der Waals surface area contributed by atoms with Crippen LogP contribution >= 0.6 is 24.0 Å². The number of ether oxygens (including phenoxy) is 1. The number of guanidine groups is 1. The first kappa shape index (κ1) is 24.2. The number of hydrogen-bond donors (Lipinski definition) is 2. The first-order valence-electron chi connectivity index (χ1n) is 8.45. The van der Waals surface area contributed by atoms with Crippen LogP contribution in [0, 0.1) is 0 Å². The van der Waals surface area contributed by atoms with E-state index < -0.39 is 17.2 Å². The highest BCUT2D eigenvalue weighted by Gasteiger charge is 2.32. The van der Waals surface area contributed by atoms with Gasteiger partial charge in [0.15, 0.2) is 5.96 Å². The Balaban J connectivity index is 0.00000392. The molecule has 0 spiro atoms. The average Bonchev–Trinajstić information content (AvgIpc) is 2.61. The smallest absolute Gasteiger partial charge is 0.380 e. The maximum atomic E-state index is 12.9. The van der Waals surface area contributed by atoms with Gasteiger partial charge in [-0.25, -0.2) is 0 Å². The maximum absolute atomic E-state index is 12.9. The Kier molecular flexibility index (Phi) is 8.75. The van der Waals surface area contributed by atoms with Crippen LogP contribution in [0.25, 0.3) is 0 Å². The highest BCUT2D eigenvalue weighted by Crippen LogP contribution is 2.33. The summed E-state index contributed by atoms with van der Waals surface area (Å²) in [6.45, 7) is 4.32. The molecule has 0 unspecified atom stereocenters. The van der Waals surface area contributed by atoms with Crippen LogP contribution in [0.15, 0.2) is 53.5 Å². The van der Waals surface area contributed by atoms with Crippen molar-refractivity contribution >= 4 is 35.6 Å². The van der Waals surface area contributed by atoms with E-state index in [1.165, 1.54) is 6.07 Å². The molecule has 0 aliphatic carbocycles. The van der Waals surface area contributed by atoms with E-state index in [1.54, 1.807) is 13.2 Å². The van der Waals surface area contributed by atoms with Gasteiger partial charge in [0.05, 0.1) is 18.7 Å². The number of hydrogen-bond acceptors (Lipinski definition) is 2. The summed E-state index contributed by atoms with van der Waals surface area (Å²) >= 11 is 0. The van der Waals surface area contributed by atoms with Crippen LogP contribution in [0.4, 0.5) is 18.9 Å². The molecule has 2 aromatic rings. The molecule has 8 heteroatoms. The summed E-state index contributed by atoms with van der Waals surface area (Å²) < 4.78 is 44.0. The van der Waals surface area contributed by atoms with Gasteiger partial charge in [0.25, 0.3) is 0 Å². The number of benzene rings is 2. The maximum Gasteiger partial charge on any atom is 0.416 e. The predicted octanol–water partition coefficient (Wildman–Crippen LogP) is 5.17. The SMILES string of the molecule is COCc1ccccc1NC(N)=NCC(C)(C)c1cccc(C(F)(F)F)c1.I. The van der Waals surface area contributed by atoms with Crippen molar-refractivity contribution in [3.8, 4) is 0 Å². The van der Waals surface area contributed by atoms with Gasteiger partial charge < -0.3 is 15.8 Å². The molecule has 154 valence electrons. The molecule has 0 amide bonds. The van der Waals surface area contributed by atoms with Crippen molar-refractivity contribution in [3.63, 3.8) is 0 Å². The Morgan fingerprint density at radius 1 is 1.07 bits per heavy atom. The molecular weight excluding hydrogens is 482 g/mol. The second-order valence-electron chi connectivity index (χ2n) is 6.88. The topological polar surface area (TPSA) is 59.6 Å². The molecule has 0 radical (unpaired) electrons. The van der Waals surface area contributed by atoms with Crippen molar-refractivity contribution in [2.45, 2.75) is 32.0 Å². The first-order valence-corrected chi connectivity index (χ1v) is 8.45. The molecule has 2 aromatic carbocycles. The summed E-state index contributed by atoms with van der Waals surface area (Å²) in [5.74, 6) is 0.193. The summed E-state index contributed by atoms with van der Waals surface area (Å²) in [4.78, 5) is 4.32. The minimum absolute atomic E-state index is 0. The number of para-hydroxylation sites is 1. The molecule has 0 atom stereocenters. The van der Waals surface area contributed by atoms with E-state index in [1.807, 2.05) is 38.1 Å². The van der Waals surface area contributed by atoms with Gasteiger partial charge in [-0.3, -0.25) is 4.99 Å². The quantitative estimate of drug-likeness (QED) is 0.322. The second-order valence-corrected chi connectivity index (χ2v) is 6.88. The third kappa shape index (κ3) is 6.66. The lowest BCUT2D eigenvalue weighted by Gasteiger charge is -2.24. The highest BCUT2D eigenvalue weighted by molar-refractivity contribution is 14.0. The number of rotatable bonds is 6. The third-order valence-electron chi connectivity index (χ3n) is 4.20. The molecule has 2 rings (SSSR count). The predicted molar refractivity (Wildman–Crippen MR) is 117 cm³/mol. The van der Waals surface area contributed by atoms with Gasteiger partial charge in [-0.2, -0.15) is 13.2 Å². The summed E-state index contributed by atoms with van der Waals surface area (Å²) in [5, 5.41) is 3.02. The third-order valence-corrected chi connectivity index (χ3v) is 4.20. The molecule has 0 fully saturated rings. The Hall–Kier alpha value is -1.81. The minimum Gasteiger partial charge on any atom is -0.380 e. The van der Waals surface area contributed by atoms with Crippen molar-refractivity contribution in [3.05, 3.63) is 65.2 Å². The van der Waals surface area contributed by atoms with Gasteiger partial charge in [0.1, 0.15) is 0 Å². The van der Waals surface area contributed by atoms with Crippen molar-refractivity contribution in [1.82, 2.24) is 0 Å². The monoisotopic (exact) mass is 507 g/mol. The van der Waals surface area contributed by atoms with E-state index in [9.17, 15) is 13.2 Å². The molecule has 4 nitrogen and oxygen atoms in total. The van der Waals surface area contributed by atoms with Gasteiger partial charge >= 0.3 is 6.18 Å². The fraction of sp³-hybridized carbons (Fsp3) is 0.350. The van der Waals surface area contributed by atoms with E-state index in [0.717, 1.165) is 23.4 Å². The Morgan fingerprint density at radius 2 is 1.71 bits per heavy atom. The summed E-state index contributed by atoms with van der Waals surface area (Å²) in [6, 6.07) is 12.8. The van der Waals surface area contributed by atoms with Crippen molar-refractivity contribution in [1.29, 1.82) is 0 Å². The van der Waals surface area contributed by atoms with E-state index in [-0.39, 0.29) is 36.5 Å². The number of nitrogens with zero attached hydrogens (tertiary/aromatic N) is 1. The molecule has 0 aliphatic rings. The molecule has 0 aromatic heterocycles. The van der Waals surface area contributed by atoms with Crippen LogP contribution in [-0.2, 0) is 22.9 Å². The molecule has 0 saturated carbocycles. The molecular formula is C20H25F3IN3O. The molecule has 0 heterocycles. The number of methoxy groups -OCH3 is 1. The molecule has 0 bridgehead atoms. The molecule has 0 saturated heterocycles. The van der Waals surface area contributed by atoms with Crippen LogP contribution in [0.2, 0.25) is 0 Å². The Bertz CT molecular complexity index is 807. The van der Waals surface area contributed by atoms with Crippen molar-refractivity contribution in [2.24, 2.45) is 10.7 Å². The minimum atomic E-state index is -4.37. The number of nitrogens with one attached hydrogen (secondary N) is 1. The highest BCUT2D eigenvalue weighted by atomic mass is 127. The number of halogens is 4. The van der Waals surface area contributed by atoms with Crippen LogP contribution in [0.3, 0.4) is 0 Å². The fourth-order valence-electron chi connectivity index (χ4n) is 2.59. The van der Waals surface area contributed by atoms with Crippen LogP contribution in [-0.4, -0.2) is 19.6 Å². The zero-order valence-electron chi connectivity index (χ0n) is 16.0. The van der Waals surface area contributed by atoms with Gasteiger partial charge in [0.2, 0.25) is 0 Å². The number of alkyl halides is 3. The molecule has 3 N–H and O–H groups in total. The Labute approximate surface area is 180 Å². The lowest BCUT2D eigenvalue weighted by molar-refractivity contribution is -0.137. The summed E-state index contributed by atoms with van der Waals surface area (Å²) in [6.07, 6.45) is -4.37. The van der Waals surface area contributed by atoms with Crippen LogP contribution in [0.1, 0.15) is 30.5 Å². The fourth-order valence-corrected chi connectivity index (χ4v) is 2.59. The van der Waals surface area contributed by atoms with Crippen LogP contribution < -0.4 is 11.1 Å². The standard InChI is InChI=1S/C20H24F3N3O.HI/c1-19(2,15-8-6-9-16(11-15)20(21,22)23)13-25-18(24)26-17-10-5-4-7-14(17)12-27-3;/h4-11H,12-13H2,1-3H3,(H3,24,25,26);1H. The number of anilines is 1. The summed E-state index contributed by atoms with van der Waals surface area (Å²) in [5.41, 5.74) is 6.94. The first-order chi connectivity index (χ1) is 12.6. The van der Waals surface area contributed by atoms with E-state index >= 15 is 0 Å². The number of aliphatic imine (C=N–C) groups is 1. The molecule has 28 heavy (non-hydrogen) atoms. The Morgan fingerprint density at radius 3 is 2.36 bits per heavy atom. The zero-order valence-corrected chi connectivity index (χ0v) is 18.3. The normalized spacial score (nSPS) is 12.4. The lowest BCUT2D eigenvalue weighted by Crippen LogP contribution is -2.28. The van der Waals surface area contributed by atoms with Gasteiger partial charge in [-0.1, -0.05) is 50.2 Å². The van der Waals surface area contributed by atoms with Gasteiger partial charge in [-0.15, -0.1) is 24.0 Å². The zero-order chi connectivity index (χ0) is 20.1. The molecule has 0 aliphatic heterocycles. The largest absolute Gasteiger partial charge is 0.416 e. The van der Waals surface area contributed by atoms with E-state index in [4.69, 9.17) is 10.5 Å². The van der Waals surface area contributed by atoms with E-state index in [0.29, 0.717) is 12.2 Å². The van der Waals surface area contributed by atoms with Crippen molar-refractivity contribution in [2.75, 3.05) is 19.0 Å². The second kappa shape index (κ2) is 10.1. The average molecular weight is 507 g/mol. The van der Waals surface area contributed by atoms with Gasteiger partial charge in [0, 0.05) is 23.8 Å².